The van der Waals surface area contributed by atoms with Crippen molar-refractivity contribution in [1.82, 2.24) is 10.2 Å². The van der Waals surface area contributed by atoms with Crippen molar-refractivity contribution < 1.29 is 9.53 Å². The van der Waals surface area contributed by atoms with Crippen molar-refractivity contribution in [3.8, 4) is 5.75 Å². The summed E-state index contributed by atoms with van der Waals surface area (Å²) in [6, 6.07) is 5.76. The van der Waals surface area contributed by atoms with E-state index < -0.39 is 6.10 Å². The summed E-state index contributed by atoms with van der Waals surface area (Å²) in [4.78, 5) is 12.2. The molecule has 0 saturated carbocycles. The fourth-order valence-electron chi connectivity index (χ4n) is 1.70. The zero-order valence-electron chi connectivity index (χ0n) is 13.3. The van der Waals surface area contributed by atoms with Crippen molar-refractivity contribution in [1.29, 1.82) is 0 Å². The van der Waals surface area contributed by atoms with Crippen LogP contribution in [0.2, 0.25) is 0 Å². The van der Waals surface area contributed by atoms with Gasteiger partial charge in [0, 0.05) is 5.75 Å². The molecule has 1 amide bonds. The van der Waals surface area contributed by atoms with Crippen molar-refractivity contribution in [2.45, 2.75) is 31.2 Å². The standard InChI is InChI=1S/C16H19N3O2S2/c1-5-8-22-16-19-18-15(23-16)17-14(20)12(4)21-13-7-6-10(2)11(3)9-13/h5-7,9,12H,1,8H2,2-4H3,(H,17,18,20)/t12-/m1/s1. The van der Waals surface area contributed by atoms with Gasteiger partial charge in [0.15, 0.2) is 10.4 Å². The summed E-state index contributed by atoms with van der Waals surface area (Å²) >= 11 is 2.86. The fourth-order valence-corrected chi connectivity index (χ4v) is 3.22. The molecule has 1 aromatic carbocycles. The monoisotopic (exact) mass is 349 g/mol. The SMILES string of the molecule is C=CCSc1nnc(NC(=O)[C@@H](C)Oc2ccc(C)c(C)c2)s1. The Kier molecular flexibility index (Phi) is 6.18. The largest absolute Gasteiger partial charge is 0.481 e. The van der Waals surface area contributed by atoms with E-state index in [0.717, 1.165) is 15.7 Å². The average molecular weight is 349 g/mol. The second kappa shape index (κ2) is 8.12. The Morgan fingerprint density at radius 3 is 2.91 bits per heavy atom. The number of benzene rings is 1. The van der Waals surface area contributed by atoms with Gasteiger partial charge in [-0.1, -0.05) is 35.2 Å². The molecule has 1 heterocycles. The molecule has 0 aliphatic carbocycles. The molecule has 0 bridgehead atoms. The first-order chi connectivity index (χ1) is 11.0. The van der Waals surface area contributed by atoms with Gasteiger partial charge < -0.3 is 4.74 Å². The number of hydrogen-bond donors (Lipinski definition) is 1. The molecule has 7 heteroatoms. The van der Waals surface area contributed by atoms with Crippen molar-refractivity contribution in [2.24, 2.45) is 0 Å². The summed E-state index contributed by atoms with van der Waals surface area (Å²) in [6.07, 6.45) is 1.18. The molecule has 122 valence electrons. The van der Waals surface area contributed by atoms with E-state index in [2.05, 4.69) is 22.1 Å². The van der Waals surface area contributed by atoms with E-state index >= 15 is 0 Å². The van der Waals surface area contributed by atoms with Crippen LogP contribution < -0.4 is 10.1 Å². The van der Waals surface area contributed by atoms with E-state index in [1.165, 1.54) is 28.7 Å². The normalized spacial score (nSPS) is 11.8. The number of amides is 1. The number of nitrogens with zero attached hydrogens (tertiary/aromatic N) is 2. The Bertz CT molecular complexity index is 700. The third-order valence-corrected chi connectivity index (χ3v) is 5.09. The molecular formula is C16H19N3O2S2. The van der Waals surface area contributed by atoms with Crippen LogP contribution in [0.25, 0.3) is 0 Å². The van der Waals surface area contributed by atoms with Crippen LogP contribution in [0.4, 0.5) is 5.13 Å². The highest BCUT2D eigenvalue weighted by molar-refractivity contribution is 8.01. The fraction of sp³-hybridized carbons (Fsp3) is 0.312. The molecule has 1 atom stereocenters. The Hall–Kier alpha value is -1.86. The lowest BCUT2D eigenvalue weighted by Crippen LogP contribution is -2.30. The maximum absolute atomic E-state index is 12.2. The Labute approximate surface area is 144 Å². The summed E-state index contributed by atoms with van der Waals surface area (Å²) in [5.41, 5.74) is 2.32. The number of carbonyl (C=O) groups is 1. The van der Waals surface area contributed by atoms with Crippen LogP contribution in [0.3, 0.4) is 0 Å². The lowest BCUT2D eigenvalue weighted by Gasteiger charge is -2.14. The number of thioether (sulfide) groups is 1. The van der Waals surface area contributed by atoms with Crippen LogP contribution >= 0.6 is 23.1 Å². The van der Waals surface area contributed by atoms with Crippen molar-refractivity contribution in [3.63, 3.8) is 0 Å². The number of aryl methyl sites for hydroxylation is 2. The van der Waals surface area contributed by atoms with E-state index in [4.69, 9.17) is 4.74 Å². The molecule has 5 nitrogen and oxygen atoms in total. The van der Waals surface area contributed by atoms with Gasteiger partial charge in [-0.3, -0.25) is 10.1 Å². The van der Waals surface area contributed by atoms with Gasteiger partial charge in [0.25, 0.3) is 5.91 Å². The van der Waals surface area contributed by atoms with Crippen LogP contribution in [-0.4, -0.2) is 28.0 Å². The van der Waals surface area contributed by atoms with Crippen LogP contribution in [-0.2, 0) is 4.79 Å². The average Bonchev–Trinajstić information content (AvgIpc) is 2.96. The minimum atomic E-state index is -0.620. The first-order valence-electron chi connectivity index (χ1n) is 7.11. The minimum Gasteiger partial charge on any atom is -0.481 e. The Morgan fingerprint density at radius 2 is 2.22 bits per heavy atom. The Morgan fingerprint density at radius 1 is 1.43 bits per heavy atom. The molecule has 0 unspecified atom stereocenters. The lowest BCUT2D eigenvalue weighted by molar-refractivity contribution is -0.122. The van der Waals surface area contributed by atoms with E-state index in [0.29, 0.717) is 10.9 Å². The number of ether oxygens (including phenoxy) is 1. The van der Waals surface area contributed by atoms with E-state index in [1.807, 2.05) is 32.0 Å². The first-order valence-corrected chi connectivity index (χ1v) is 8.91. The molecule has 1 N–H and O–H groups in total. The number of carbonyl (C=O) groups excluding carboxylic acids is 1. The molecule has 0 aliphatic heterocycles. The molecule has 0 spiro atoms. The number of aromatic nitrogens is 2. The summed E-state index contributed by atoms with van der Waals surface area (Å²) in [5, 5.41) is 11.1. The summed E-state index contributed by atoms with van der Waals surface area (Å²) in [6.45, 7) is 9.41. The van der Waals surface area contributed by atoms with Crippen molar-refractivity contribution in [3.05, 3.63) is 42.0 Å². The van der Waals surface area contributed by atoms with Crippen molar-refractivity contribution in [2.75, 3.05) is 11.1 Å². The quantitative estimate of drug-likeness (QED) is 0.467. The van der Waals surface area contributed by atoms with E-state index in [1.54, 1.807) is 13.0 Å². The molecule has 0 saturated heterocycles. The second-order valence-corrected chi connectivity index (χ2v) is 7.21. The van der Waals surface area contributed by atoms with Crippen LogP contribution in [0.15, 0.2) is 35.2 Å². The van der Waals surface area contributed by atoms with Crippen LogP contribution in [0, 0.1) is 13.8 Å². The van der Waals surface area contributed by atoms with Gasteiger partial charge in [-0.15, -0.1) is 16.8 Å². The third-order valence-electron chi connectivity index (χ3n) is 3.12. The predicted molar refractivity (Wildman–Crippen MR) is 95.5 cm³/mol. The molecule has 23 heavy (non-hydrogen) atoms. The van der Waals surface area contributed by atoms with Gasteiger partial charge in [-0.25, -0.2) is 0 Å². The van der Waals surface area contributed by atoms with Gasteiger partial charge in [-0.2, -0.15) is 0 Å². The minimum absolute atomic E-state index is 0.250. The smallest absolute Gasteiger partial charge is 0.266 e. The van der Waals surface area contributed by atoms with E-state index in [-0.39, 0.29) is 5.91 Å². The zero-order chi connectivity index (χ0) is 16.8. The number of nitrogens with one attached hydrogen (secondary N) is 1. The molecule has 2 aromatic rings. The van der Waals surface area contributed by atoms with Gasteiger partial charge in [-0.05, 0) is 44.0 Å². The summed E-state index contributed by atoms with van der Waals surface area (Å²) < 4.78 is 6.48. The highest BCUT2D eigenvalue weighted by Crippen LogP contribution is 2.25. The van der Waals surface area contributed by atoms with Gasteiger partial charge >= 0.3 is 0 Å². The molecule has 1 aromatic heterocycles. The number of hydrogen-bond acceptors (Lipinski definition) is 6. The molecular weight excluding hydrogens is 330 g/mol. The molecule has 2 rings (SSSR count). The molecule has 0 radical (unpaired) electrons. The maximum Gasteiger partial charge on any atom is 0.266 e. The van der Waals surface area contributed by atoms with Crippen LogP contribution in [0.1, 0.15) is 18.1 Å². The van der Waals surface area contributed by atoms with Gasteiger partial charge in [0.2, 0.25) is 5.13 Å². The molecule has 0 aliphatic rings. The first kappa shape index (κ1) is 17.5. The lowest BCUT2D eigenvalue weighted by atomic mass is 10.1. The highest BCUT2D eigenvalue weighted by Gasteiger charge is 2.17. The number of anilines is 1. The summed E-state index contributed by atoms with van der Waals surface area (Å²) in [7, 11) is 0. The Balaban J connectivity index is 1.92. The van der Waals surface area contributed by atoms with Gasteiger partial charge in [0.05, 0.1) is 0 Å². The van der Waals surface area contributed by atoms with Gasteiger partial charge in [0.1, 0.15) is 5.75 Å². The van der Waals surface area contributed by atoms with E-state index in [9.17, 15) is 4.79 Å². The van der Waals surface area contributed by atoms with Crippen LogP contribution in [0.5, 0.6) is 5.75 Å². The molecule has 0 fully saturated rings. The van der Waals surface area contributed by atoms with Crippen molar-refractivity contribution >= 4 is 34.1 Å². The second-order valence-electron chi connectivity index (χ2n) is 4.97. The highest BCUT2D eigenvalue weighted by atomic mass is 32.2. The predicted octanol–water partition coefficient (Wildman–Crippen LogP) is 3.84. The topological polar surface area (TPSA) is 64.1 Å². The third kappa shape index (κ3) is 5.07. The number of rotatable bonds is 7. The zero-order valence-corrected chi connectivity index (χ0v) is 15.0. The maximum atomic E-state index is 12.2. The summed E-state index contributed by atoms with van der Waals surface area (Å²) in [5.74, 6) is 1.18.